The standard InChI is InChI=1S/C16H19N5O5S/c1-9(2)18-14(22)10(3)26-15(23)11-5-6-13(12(7-11)21(24)25)27-16-19-17-8-20(16)4/h5-10H,1-4H3,(H,18,22). The van der Waals surface area contributed by atoms with E-state index >= 15 is 0 Å². The monoisotopic (exact) mass is 393 g/mol. The zero-order valence-corrected chi connectivity index (χ0v) is 16.0. The summed E-state index contributed by atoms with van der Waals surface area (Å²) in [4.78, 5) is 35.2. The van der Waals surface area contributed by atoms with Crippen LogP contribution in [0.3, 0.4) is 0 Å². The van der Waals surface area contributed by atoms with Gasteiger partial charge in [-0.3, -0.25) is 14.9 Å². The molecule has 0 radical (unpaired) electrons. The number of nitrogens with zero attached hydrogens (tertiary/aromatic N) is 4. The van der Waals surface area contributed by atoms with E-state index in [1.807, 2.05) is 0 Å². The van der Waals surface area contributed by atoms with Gasteiger partial charge in [-0.15, -0.1) is 10.2 Å². The molecule has 1 unspecified atom stereocenters. The van der Waals surface area contributed by atoms with Crippen LogP contribution < -0.4 is 5.32 Å². The maximum atomic E-state index is 12.2. The van der Waals surface area contributed by atoms with Crippen molar-refractivity contribution in [2.24, 2.45) is 7.05 Å². The lowest BCUT2D eigenvalue weighted by Gasteiger charge is -2.15. The highest BCUT2D eigenvalue weighted by atomic mass is 32.2. The molecule has 1 amide bonds. The molecule has 1 heterocycles. The second-order valence-corrected chi connectivity index (χ2v) is 6.99. The van der Waals surface area contributed by atoms with Crippen molar-refractivity contribution in [2.75, 3.05) is 0 Å². The molecule has 0 fully saturated rings. The zero-order valence-electron chi connectivity index (χ0n) is 15.2. The number of aryl methyl sites for hydroxylation is 1. The number of hydrogen-bond donors (Lipinski definition) is 1. The SMILES string of the molecule is CC(C)NC(=O)C(C)OC(=O)c1ccc(Sc2nncn2C)c([N+](=O)[O-])c1. The van der Waals surface area contributed by atoms with Crippen molar-refractivity contribution in [3.63, 3.8) is 0 Å². The Bertz CT molecular complexity index is 867. The van der Waals surface area contributed by atoms with Gasteiger partial charge in [0.1, 0.15) is 6.33 Å². The number of nitro groups is 1. The summed E-state index contributed by atoms with van der Waals surface area (Å²) in [5.41, 5.74) is -0.287. The van der Waals surface area contributed by atoms with Crippen molar-refractivity contribution < 1.29 is 19.2 Å². The van der Waals surface area contributed by atoms with E-state index in [0.717, 1.165) is 17.8 Å². The van der Waals surface area contributed by atoms with Crippen LogP contribution in [0.25, 0.3) is 0 Å². The number of esters is 1. The number of carbonyl (C=O) groups is 2. The molecule has 0 saturated carbocycles. The Balaban J connectivity index is 2.19. The summed E-state index contributed by atoms with van der Waals surface area (Å²) in [6, 6.07) is 3.86. The highest BCUT2D eigenvalue weighted by Crippen LogP contribution is 2.34. The first-order valence-corrected chi connectivity index (χ1v) is 8.82. The molecule has 11 heteroatoms. The summed E-state index contributed by atoms with van der Waals surface area (Å²) in [6.07, 6.45) is 0.454. The Hall–Kier alpha value is -2.95. The van der Waals surface area contributed by atoms with Crippen molar-refractivity contribution in [3.05, 3.63) is 40.2 Å². The van der Waals surface area contributed by atoms with Gasteiger partial charge in [-0.1, -0.05) is 0 Å². The average molecular weight is 393 g/mol. The van der Waals surface area contributed by atoms with Crippen LogP contribution in [0.2, 0.25) is 0 Å². The molecule has 1 atom stereocenters. The molecular weight excluding hydrogens is 374 g/mol. The molecule has 10 nitrogen and oxygen atoms in total. The molecule has 27 heavy (non-hydrogen) atoms. The van der Waals surface area contributed by atoms with Crippen LogP contribution in [0.4, 0.5) is 5.69 Å². The predicted octanol–water partition coefficient (Wildman–Crippen LogP) is 1.94. The van der Waals surface area contributed by atoms with E-state index in [0.29, 0.717) is 10.1 Å². The lowest BCUT2D eigenvalue weighted by molar-refractivity contribution is -0.387. The van der Waals surface area contributed by atoms with Crippen molar-refractivity contribution in [1.29, 1.82) is 0 Å². The Morgan fingerprint density at radius 3 is 2.59 bits per heavy atom. The number of carbonyl (C=O) groups excluding carboxylic acids is 2. The first kappa shape index (κ1) is 20.4. The van der Waals surface area contributed by atoms with Crippen LogP contribution in [0, 0.1) is 10.1 Å². The third-order valence-corrected chi connectivity index (χ3v) is 4.46. The number of hydrogen-bond acceptors (Lipinski definition) is 8. The average Bonchev–Trinajstić information content (AvgIpc) is 2.99. The van der Waals surface area contributed by atoms with E-state index in [9.17, 15) is 19.7 Å². The Morgan fingerprint density at radius 1 is 1.33 bits per heavy atom. The van der Waals surface area contributed by atoms with Gasteiger partial charge in [0.05, 0.1) is 15.4 Å². The van der Waals surface area contributed by atoms with Gasteiger partial charge < -0.3 is 14.6 Å². The van der Waals surface area contributed by atoms with Gasteiger partial charge in [0.25, 0.3) is 11.6 Å². The van der Waals surface area contributed by atoms with Gasteiger partial charge in [0.2, 0.25) is 0 Å². The maximum Gasteiger partial charge on any atom is 0.339 e. The van der Waals surface area contributed by atoms with E-state index in [2.05, 4.69) is 15.5 Å². The molecular formula is C16H19N5O5S. The first-order valence-electron chi connectivity index (χ1n) is 8.00. The number of nitrogens with one attached hydrogen (secondary N) is 1. The van der Waals surface area contributed by atoms with Crippen LogP contribution in [-0.2, 0) is 16.6 Å². The summed E-state index contributed by atoms with van der Waals surface area (Å²) in [5.74, 6) is -1.26. The molecule has 1 aromatic carbocycles. The van der Waals surface area contributed by atoms with Crippen LogP contribution in [0.5, 0.6) is 0 Å². The number of ether oxygens (including phenoxy) is 1. The molecule has 0 aliphatic rings. The van der Waals surface area contributed by atoms with Gasteiger partial charge in [0, 0.05) is 19.2 Å². The molecule has 2 aromatic rings. The van der Waals surface area contributed by atoms with E-state index < -0.39 is 22.9 Å². The predicted molar refractivity (Wildman–Crippen MR) is 96.4 cm³/mol. The molecule has 0 spiro atoms. The fraction of sp³-hybridized carbons (Fsp3) is 0.375. The Morgan fingerprint density at radius 2 is 2.04 bits per heavy atom. The van der Waals surface area contributed by atoms with Crippen molar-refractivity contribution >= 4 is 29.3 Å². The lowest BCUT2D eigenvalue weighted by atomic mass is 10.2. The smallest absolute Gasteiger partial charge is 0.339 e. The maximum absolute atomic E-state index is 12.2. The summed E-state index contributed by atoms with van der Waals surface area (Å²) < 4.78 is 6.71. The molecule has 144 valence electrons. The third-order valence-electron chi connectivity index (χ3n) is 3.35. The number of benzene rings is 1. The van der Waals surface area contributed by atoms with Gasteiger partial charge in [-0.25, -0.2) is 4.79 Å². The van der Waals surface area contributed by atoms with E-state index in [1.54, 1.807) is 25.5 Å². The number of aromatic nitrogens is 3. The van der Waals surface area contributed by atoms with Gasteiger partial charge in [-0.05, 0) is 44.7 Å². The topological polar surface area (TPSA) is 129 Å². The quantitative estimate of drug-likeness (QED) is 0.429. The molecule has 0 bridgehead atoms. The van der Waals surface area contributed by atoms with Gasteiger partial charge >= 0.3 is 5.97 Å². The molecule has 0 aliphatic carbocycles. The second-order valence-electron chi connectivity index (χ2n) is 5.98. The number of nitro benzene ring substituents is 1. The Labute approximate surface area is 159 Å². The van der Waals surface area contributed by atoms with Crippen LogP contribution in [-0.4, -0.2) is 43.7 Å². The lowest BCUT2D eigenvalue weighted by Crippen LogP contribution is -2.39. The fourth-order valence-electron chi connectivity index (χ4n) is 2.02. The summed E-state index contributed by atoms with van der Waals surface area (Å²) in [7, 11) is 1.71. The largest absolute Gasteiger partial charge is 0.449 e. The van der Waals surface area contributed by atoms with Crippen molar-refractivity contribution in [2.45, 2.75) is 43.0 Å². The highest BCUT2D eigenvalue weighted by molar-refractivity contribution is 7.99. The zero-order chi connectivity index (χ0) is 20.1. The first-order chi connectivity index (χ1) is 12.7. The van der Waals surface area contributed by atoms with E-state index in [-0.39, 0.29) is 17.3 Å². The van der Waals surface area contributed by atoms with Crippen molar-refractivity contribution in [1.82, 2.24) is 20.1 Å². The minimum absolute atomic E-state index is 0.0202. The molecule has 1 aromatic heterocycles. The van der Waals surface area contributed by atoms with Crippen molar-refractivity contribution in [3.8, 4) is 0 Å². The van der Waals surface area contributed by atoms with Gasteiger partial charge in [-0.2, -0.15) is 0 Å². The van der Waals surface area contributed by atoms with Crippen LogP contribution in [0.1, 0.15) is 31.1 Å². The van der Waals surface area contributed by atoms with Crippen LogP contribution in [0.15, 0.2) is 34.6 Å². The molecule has 0 aliphatic heterocycles. The number of rotatable bonds is 7. The van der Waals surface area contributed by atoms with Gasteiger partial charge in [0.15, 0.2) is 11.3 Å². The van der Waals surface area contributed by atoms with E-state index in [4.69, 9.17) is 4.74 Å². The molecule has 2 rings (SSSR count). The normalized spacial score (nSPS) is 11.9. The fourth-order valence-corrected chi connectivity index (χ4v) is 2.87. The third kappa shape index (κ3) is 5.26. The summed E-state index contributed by atoms with van der Waals surface area (Å²) in [6.45, 7) is 4.99. The Kier molecular flexibility index (Phi) is 6.50. The van der Waals surface area contributed by atoms with Crippen LogP contribution >= 0.6 is 11.8 Å². The summed E-state index contributed by atoms with van der Waals surface area (Å²) in [5, 5.41) is 22.1. The molecule has 1 N–H and O–H groups in total. The second kappa shape index (κ2) is 8.62. The number of amides is 1. The highest BCUT2D eigenvalue weighted by Gasteiger charge is 2.23. The molecule has 0 saturated heterocycles. The minimum atomic E-state index is -1.02. The summed E-state index contributed by atoms with van der Waals surface area (Å²) >= 11 is 1.05. The minimum Gasteiger partial charge on any atom is -0.449 e. The van der Waals surface area contributed by atoms with E-state index in [1.165, 1.54) is 25.4 Å².